The Kier molecular flexibility index (Phi) is 7.21. The molecule has 1 aromatic heterocycles. The first-order valence-corrected chi connectivity index (χ1v) is 14.6. The second-order valence-corrected chi connectivity index (χ2v) is 13.7. The maximum atomic E-state index is 13.3. The Bertz CT molecular complexity index is 1100. The number of nitrogens with zero attached hydrogens (tertiary/aromatic N) is 1. The number of amides is 1. The van der Waals surface area contributed by atoms with Gasteiger partial charge in [0.2, 0.25) is 0 Å². The quantitative estimate of drug-likeness (QED) is 0.480. The fraction of sp³-hybridized carbons (Fsp3) is 0.667. The van der Waals surface area contributed by atoms with Crippen LogP contribution in [0.4, 0.5) is 0 Å². The third kappa shape index (κ3) is 5.35. The zero-order valence-corrected chi connectivity index (χ0v) is 23.5. The van der Waals surface area contributed by atoms with Gasteiger partial charge in [-0.2, -0.15) is 0 Å². The van der Waals surface area contributed by atoms with Crippen molar-refractivity contribution in [3.05, 3.63) is 34.0 Å². The molecule has 1 amide bonds. The summed E-state index contributed by atoms with van der Waals surface area (Å²) in [5, 5.41) is 3.82. The summed E-state index contributed by atoms with van der Waals surface area (Å²) in [6.45, 7) is 13.4. The summed E-state index contributed by atoms with van der Waals surface area (Å²) in [4.78, 5) is 19.5. The molecular weight excluding hydrogens is 468 g/mol. The van der Waals surface area contributed by atoms with Crippen molar-refractivity contribution in [2.75, 3.05) is 19.8 Å². The van der Waals surface area contributed by atoms with E-state index in [0.29, 0.717) is 30.7 Å². The molecule has 2 aliphatic heterocycles. The van der Waals surface area contributed by atoms with Crippen molar-refractivity contribution < 1.29 is 14.3 Å². The number of hydrogen-bond donors (Lipinski definition) is 1. The van der Waals surface area contributed by atoms with Crippen LogP contribution in [0.15, 0.2) is 12.1 Å². The zero-order chi connectivity index (χ0) is 25.5. The third-order valence-electron chi connectivity index (χ3n) is 8.12. The number of fused-ring (bicyclic) bond motifs is 1. The van der Waals surface area contributed by atoms with Crippen LogP contribution in [0.1, 0.15) is 106 Å². The molecule has 3 heterocycles. The fourth-order valence-electron chi connectivity index (χ4n) is 5.87. The molecule has 0 unspecified atom stereocenters. The molecule has 36 heavy (non-hydrogen) atoms. The lowest BCUT2D eigenvalue weighted by molar-refractivity contribution is 0.0696. The van der Waals surface area contributed by atoms with Crippen molar-refractivity contribution >= 4 is 17.2 Å². The second kappa shape index (κ2) is 10.1. The van der Waals surface area contributed by atoms with Gasteiger partial charge in [-0.25, -0.2) is 4.98 Å². The maximum absolute atomic E-state index is 13.3. The second-order valence-electron chi connectivity index (χ2n) is 12.7. The lowest BCUT2D eigenvalue weighted by Crippen LogP contribution is -2.38. The number of thiazole rings is 1. The number of carbonyl (C=O) groups is 1. The summed E-state index contributed by atoms with van der Waals surface area (Å²) in [5.74, 6) is 1.67. The molecule has 1 aromatic carbocycles. The van der Waals surface area contributed by atoms with Crippen LogP contribution in [-0.2, 0) is 22.0 Å². The van der Waals surface area contributed by atoms with Gasteiger partial charge in [0.15, 0.2) is 5.01 Å². The molecule has 5 nitrogen and oxygen atoms in total. The van der Waals surface area contributed by atoms with E-state index >= 15 is 0 Å². The fourth-order valence-corrected chi connectivity index (χ4v) is 6.86. The van der Waals surface area contributed by atoms with E-state index < -0.39 is 0 Å². The van der Waals surface area contributed by atoms with Crippen molar-refractivity contribution in [2.45, 2.75) is 103 Å². The van der Waals surface area contributed by atoms with Crippen LogP contribution >= 0.6 is 11.3 Å². The van der Waals surface area contributed by atoms with Crippen molar-refractivity contribution in [2.24, 2.45) is 5.92 Å². The first-order valence-electron chi connectivity index (χ1n) is 13.8. The predicted molar refractivity (Wildman–Crippen MR) is 146 cm³/mol. The lowest BCUT2D eigenvalue weighted by atomic mass is 9.79. The largest absolute Gasteiger partial charge is 0.492 e. The van der Waals surface area contributed by atoms with E-state index in [-0.39, 0.29) is 22.8 Å². The highest BCUT2D eigenvalue weighted by molar-refractivity contribution is 7.17. The highest BCUT2D eigenvalue weighted by Gasteiger charge is 2.37. The number of rotatable bonds is 5. The molecule has 1 N–H and O–H groups in total. The van der Waals surface area contributed by atoms with Gasteiger partial charge in [0.1, 0.15) is 5.75 Å². The summed E-state index contributed by atoms with van der Waals surface area (Å²) < 4.78 is 11.7. The van der Waals surface area contributed by atoms with Crippen LogP contribution in [0.2, 0.25) is 0 Å². The first-order chi connectivity index (χ1) is 17.1. The normalized spacial score (nSPS) is 20.7. The van der Waals surface area contributed by atoms with Gasteiger partial charge in [-0.15, -0.1) is 11.3 Å². The van der Waals surface area contributed by atoms with Gasteiger partial charge in [-0.1, -0.05) is 66.7 Å². The molecule has 0 radical (unpaired) electrons. The van der Waals surface area contributed by atoms with E-state index in [1.54, 1.807) is 11.3 Å². The number of hydrogen-bond acceptors (Lipinski definition) is 5. The van der Waals surface area contributed by atoms with E-state index in [4.69, 9.17) is 14.5 Å². The van der Waals surface area contributed by atoms with Crippen LogP contribution in [0, 0.1) is 5.92 Å². The number of benzene rings is 1. The Labute approximate surface area is 220 Å². The predicted octanol–water partition coefficient (Wildman–Crippen LogP) is 6.81. The van der Waals surface area contributed by atoms with E-state index in [9.17, 15) is 4.79 Å². The summed E-state index contributed by atoms with van der Waals surface area (Å²) in [6.07, 6.45) is 9.17. The number of aromatic nitrogens is 1. The van der Waals surface area contributed by atoms with Crippen molar-refractivity contribution in [1.82, 2.24) is 10.3 Å². The minimum Gasteiger partial charge on any atom is -0.492 e. The van der Waals surface area contributed by atoms with Crippen molar-refractivity contribution in [1.29, 1.82) is 0 Å². The molecule has 3 aliphatic rings. The van der Waals surface area contributed by atoms with E-state index in [1.165, 1.54) is 48.8 Å². The van der Waals surface area contributed by atoms with Gasteiger partial charge in [-0.05, 0) is 48.3 Å². The summed E-state index contributed by atoms with van der Waals surface area (Å²) in [7, 11) is 0. The number of nitrogens with one attached hydrogen (secondary N) is 1. The van der Waals surface area contributed by atoms with Gasteiger partial charge >= 0.3 is 0 Å². The van der Waals surface area contributed by atoms with Gasteiger partial charge < -0.3 is 14.8 Å². The maximum Gasteiger partial charge on any atom is 0.280 e. The summed E-state index contributed by atoms with van der Waals surface area (Å²) in [6, 6.07) is 4.79. The molecule has 196 valence electrons. The number of carbonyl (C=O) groups excluding carboxylic acids is 1. The van der Waals surface area contributed by atoms with Crippen LogP contribution in [0.25, 0.3) is 10.4 Å². The van der Waals surface area contributed by atoms with E-state index in [0.717, 1.165) is 35.6 Å². The standard InChI is InChI=1S/C30H42N2O3S/c1-29(2,3)22-16-20(17-23-25(22)35-18-30(23,4)5)26-24(15-19-9-7-6-8-10-19)32-28(36-26)27(33)31-21-11-13-34-14-12-21/h16-17,19,21H,6-15,18H2,1-5H3,(H,31,33). The third-order valence-corrected chi connectivity index (χ3v) is 9.27. The topological polar surface area (TPSA) is 60.5 Å². The molecule has 2 fully saturated rings. The van der Waals surface area contributed by atoms with Crippen LogP contribution < -0.4 is 10.1 Å². The molecule has 5 rings (SSSR count). The summed E-state index contributed by atoms with van der Waals surface area (Å²) in [5.41, 5.74) is 4.72. The smallest absolute Gasteiger partial charge is 0.280 e. The van der Waals surface area contributed by atoms with Crippen molar-refractivity contribution in [3.8, 4) is 16.2 Å². The minimum atomic E-state index is -0.0437. The van der Waals surface area contributed by atoms with Gasteiger partial charge in [0, 0.05) is 35.8 Å². The molecule has 6 heteroatoms. The van der Waals surface area contributed by atoms with Crippen molar-refractivity contribution in [3.63, 3.8) is 0 Å². The molecule has 1 aliphatic carbocycles. The van der Waals surface area contributed by atoms with E-state index in [1.807, 2.05) is 0 Å². The molecule has 0 bridgehead atoms. The first kappa shape index (κ1) is 25.7. The van der Waals surface area contributed by atoms with Gasteiger partial charge in [0.05, 0.1) is 17.2 Å². The van der Waals surface area contributed by atoms with Gasteiger partial charge in [0.25, 0.3) is 5.91 Å². The van der Waals surface area contributed by atoms with Crippen LogP contribution in [0.3, 0.4) is 0 Å². The van der Waals surface area contributed by atoms with Crippen LogP contribution in [0.5, 0.6) is 5.75 Å². The molecule has 0 spiro atoms. The SMILES string of the molecule is CC(C)(C)c1cc(-c2sc(C(=O)NC3CCOCC3)nc2CC2CCCCC2)cc2c1OCC2(C)C. The zero-order valence-electron chi connectivity index (χ0n) is 22.7. The Hall–Kier alpha value is -1.92. The number of ether oxygens (including phenoxy) is 2. The monoisotopic (exact) mass is 510 g/mol. The molecular formula is C30H42N2O3S. The highest BCUT2D eigenvalue weighted by atomic mass is 32.1. The Balaban J connectivity index is 1.55. The Morgan fingerprint density at radius 1 is 1.11 bits per heavy atom. The Morgan fingerprint density at radius 2 is 1.83 bits per heavy atom. The molecule has 2 aromatic rings. The highest BCUT2D eigenvalue weighted by Crippen LogP contribution is 2.48. The molecule has 0 atom stereocenters. The molecule has 1 saturated heterocycles. The van der Waals surface area contributed by atoms with Crippen LogP contribution in [-0.4, -0.2) is 36.8 Å². The minimum absolute atomic E-state index is 0.0380. The average Bonchev–Trinajstić information content (AvgIpc) is 3.40. The van der Waals surface area contributed by atoms with Gasteiger partial charge in [-0.3, -0.25) is 4.79 Å². The van der Waals surface area contributed by atoms with E-state index in [2.05, 4.69) is 52.1 Å². The summed E-state index contributed by atoms with van der Waals surface area (Å²) >= 11 is 1.57. The Morgan fingerprint density at radius 3 is 2.53 bits per heavy atom. The molecule has 1 saturated carbocycles. The lowest BCUT2D eigenvalue weighted by Gasteiger charge is -2.24. The average molecular weight is 511 g/mol.